The highest BCUT2D eigenvalue weighted by Gasteiger charge is 2.15. The Balaban J connectivity index is 1.76. The van der Waals surface area contributed by atoms with Gasteiger partial charge in [0.15, 0.2) is 9.97 Å². The molecule has 1 aliphatic heterocycles. The summed E-state index contributed by atoms with van der Waals surface area (Å²) in [4.78, 5) is 17.6. The lowest BCUT2D eigenvalue weighted by atomic mass is 10.1. The molecule has 23 heavy (non-hydrogen) atoms. The van der Waals surface area contributed by atoms with E-state index >= 15 is 0 Å². The zero-order valence-electron chi connectivity index (χ0n) is 12.5. The highest BCUT2D eigenvalue weighted by Crippen LogP contribution is 2.30. The summed E-state index contributed by atoms with van der Waals surface area (Å²) < 4.78 is 0. The number of rotatable bonds is 4. The van der Waals surface area contributed by atoms with Crippen molar-refractivity contribution in [2.75, 3.05) is 23.3 Å². The van der Waals surface area contributed by atoms with E-state index in [4.69, 9.17) is 28.2 Å². The van der Waals surface area contributed by atoms with Crippen molar-refractivity contribution < 1.29 is 4.79 Å². The Kier molecular flexibility index (Phi) is 5.41. The molecule has 1 saturated heterocycles. The average molecular weight is 370 g/mol. The van der Waals surface area contributed by atoms with Gasteiger partial charge in [-0.25, -0.2) is 4.98 Å². The van der Waals surface area contributed by atoms with Crippen molar-refractivity contribution in [2.45, 2.75) is 24.1 Å². The average Bonchev–Trinajstić information content (AvgIpc) is 3.06. The molecule has 0 bridgehead atoms. The third kappa shape index (κ3) is 4.16. The quantitative estimate of drug-likeness (QED) is 0.804. The second-order valence-electron chi connectivity index (χ2n) is 5.43. The van der Waals surface area contributed by atoms with E-state index in [0.717, 1.165) is 29.5 Å². The van der Waals surface area contributed by atoms with Crippen LogP contribution in [0, 0.1) is 0 Å². The SMILES string of the molecule is O=C(Nc1cccc(-c2csc(N3CCCCC3)n2)c1)C(Cl)Cl. The van der Waals surface area contributed by atoms with Gasteiger partial charge in [-0.15, -0.1) is 11.3 Å². The second kappa shape index (κ2) is 7.51. The first-order valence-electron chi connectivity index (χ1n) is 7.53. The molecule has 1 aliphatic rings. The lowest BCUT2D eigenvalue weighted by Crippen LogP contribution is -2.29. The van der Waals surface area contributed by atoms with Crippen LogP contribution in [0.4, 0.5) is 10.8 Å². The fourth-order valence-corrected chi connectivity index (χ4v) is 3.58. The molecule has 122 valence electrons. The number of piperidine rings is 1. The first-order chi connectivity index (χ1) is 11.1. The van der Waals surface area contributed by atoms with E-state index < -0.39 is 10.7 Å². The monoisotopic (exact) mass is 369 g/mol. The first-order valence-corrected chi connectivity index (χ1v) is 9.28. The molecule has 0 unspecified atom stereocenters. The Hall–Kier alpha value is -1.30. The summed E-state index contributed by atoms with van der Waals surface area (Å²) in [5.41, 5.74) is 2.54. The van der Waals surface area contributed by atoms with Crippen LogP contribution in [-0.2, 0) is 4.79 Å². The number of halogens is 2. The maximum Gasteiger partial charge on any atom is 0.257 e. The molecular weight excluding hydrogens is 353 g/mol. The van der Waals surface area contributed by atoms with Crippen molar-refractivity contribution >= 4 is 51.3 Å². The van der Waals surface area contributed by atoms with Crippen LogP contribution < -0.4 is 10.2 Å². The predicted octanol–water partition coefficient (Wildman–Crippen LogP) is 4.54. The van der Waals surface area contributed by atoms with E-state index in [1.165, 1.54) is 19.3 Å². The van der Waals surface area contributed by atoms with Crippen LogP contribution in [0.25, 0.3) is 11.3 Å². The van der Waals surface area contributed by atoms with Gasteiger partial charge in [-0.2, -0.15) is 0 Å². The van der Waals surface area contributed by atoms with Crippen molar-refractivity contribution in [1.29, 1.82) is 0 Å². The number of carbonyl (C=O) groups excluding carboxylic acids is 1. The zero-order valence-corrected chi connectivity index (χ0v) is 14.8. The fraction of sp³-hybridized carbons (Fsp3) is 0.375. The van der Waals surface area contributed by atoms with Crippen LogP contribution >= 0.6 is 34.5 Å². The Morgan fingerprint density at radius 3 is 2.78 bits per heavy atom. The van der Waals surface area contributed by atoms with Crippen LogP contribution in [0.3, 0.4) is 0 Å². The summed E-state index contributed by atoms with van der Waals surface area (Å²) in [6, 6.07) is 7.53. The largest absolute Gasteiger partial charge is 0.348 e. The number of benzene rings is 1. The minimum Gasteiger partial charge on any atom is -0.348 e. The number of thiazole rings is 1. The number of amides is 1. The first kappa shape index (κ1) is 16.6. The highest BCUT2D eigenvalue weighted by molar-refractivity contribution is 7.14. The van der Waals surface area contributed by atoms with Gasteiger partial charge in [-0.3, -0.25) is 4.79 Å². The molecule has 0 spiro atoms. The van der Waals surface area contributed by atoms with Crippen molar-refractivity contribution in [3.8, 4) is 11.3 Å². The molecule has 1 amide bonds. The number of alkyl halides is 2. The summed E-state index contributed by atoms with van der Waals surface area (Å²) in [6.45, 7) is 2.16. The van der Waals surface area contributed by atoms with Gasteiger partial charge >= 0.3 is 0 Å². The zero-order chi connectivity index (χ0) is 16.2. The molecule has 1 fully saturated rings. The Bertz CT molecular complexity index is 683. The summed E-state index contributed by atoms with van der Waals surface area (Å²) in [6.07, 6.45) is 3.77. The van der Waals surface area contributed by atoms with Crippen molar-refractivity contribution in [3.63, 3.8) is 0 Å². The molecular formula is C16H17Cl2N3OS. The van der Waals surface area contributed by atoms with E-state index in [-0.39, 0.29) is 0 Å². The molecule has 0 atom stereocenters. The normalized spacial score (nSPS) is 15.0. The molecule has 2 aromatic rings. The standard InChI is InChI=1S/C16H17Cl2N3OS/c17-14(18)15(22)19-12-6-4-5-11(9-12)13-10-23-16(20-13)21-7-2-1-3-8-21/h4-6,9-10,14H,1-3,7-8H2,(H,19,22). The maximum atomic E-state index is 11.6. The van der Waals surface area contributed by atoms with E-state index in [2.05, 4.69) is 15.6 Å². The maximum absolute atomic E-state index is 11.6. The van der Waals surface area contributed by atoms with E-state index in [9.17, 15) is 4.79 Å². The molecule has 2 heterocycles. The number of carbonyl (C=O) groups is 1. The summed E-state index contributed by atoms with van der Waals surface area (Å²) in [5.74, 6) is -0.433. The van der Waals surface area contributed by atoms with Crippen LogP contribution in [0.1, 0.15) is 19.3 Å². The molecule has 1 aromatic heterocycles. The molecule has 1 aromatic carbocycles. The topological polar surface area (TPSA) is 45.2 Å². The second-order valence-corrected chi connectivity index (χ2v) is 7.37. The van der Waals surface area contributed by atoms with Gasteiger partial charge in [0.05, 0.1) is 5.69 Å². The van der Waals surface area contributed by atoms with E-state index in [1.807, 2.05) is 18.2 Å². The summed E-state index contributed by atoms with van der Waals surface area (Å²) in [7, 11) is 0. The van der Waals surface area contributed by atoms with Crippen molar-refractivity contribution in [1.82, 2.24) is 4.98 Å². The van der Waals surface area contributed by atoms with Crippen LogP contribution in [0.2, 0.25) is 0 Å². The summed E-state index contributed by atoms with van der Waals surface area (Å²) >= 11 is 12.8. The highest BCUT2D eigenvalue weighted by atomic mass is 35.5. The van der Waals surface area contributed by atoms with Crippen molar-refractivity contribution in [3.05, 3.63) is 29.6 Å². The van der Waals surface area contributed by atoms with Crippen LogP contribution in [0.15, 0.2) is 29.6 Å². The van der Waals surface area contributed by atoms with Gasteiger partial charge in [-0.1, -0.05) is 35.3 Å². The molecule has 4 nitrogen and oxygen atoms in total. The van der Waals surface area contributed by atoms with Gasteiger partial charge in [0.25, 0.3) is 5.91 Å². The van der Waals surface area contributed by atoms with Gasteiger partial charge in [0.1, 0.15) is 0 Å². The molecule has 0 saturated carbocycles. The third-order valence-electron chi connectivity index (χ3n) is 3.74. The molecule has 0 radical (unpaired) electrons. The number of hydrogen-bond acceptors (Lipinski definition) is 4. The van der Waals surface area contributed by atoms with Gasteiger partial charge < -0.3 is 10.2 Å². The molecule has 0 aliphatic carbocycles. The molecule has 7 heteroatoms. The number of aromatic nitrogens is 1. The van der Waals surface area contributed by atoms with Crippen molar-refractivity contribution in [2.24, 2.45) is 0 Å². The Morgan fingerprint density at radius 2 is 2.04 bits per heavy atom. The Morgan fingerprint density at radius 1 is 1.26 bits per heavy atom. The lowest BCUT2D eigenvalue weighted by molar-refractivity contribution is -0.114. The Labute approximate surface area is 149 Å². The minimum atomic E-state index is -1.08. The van der Waals surface area contributed by atoms with Crippen LogP contribution in [0.5, 0.6) is 0 Å². The van der Waals surface area contributed by atoms with E-state index in [1.54, 1.807) is 17.4 Å². The fourth-order valence-electron chi connectivity index (χ4n) is 2.58. The smallest absolute Gasteiger partial charge is 0.257 e. The van der Waals surface area contributed by atoms with Gasteiger partial charge in [0.2, 0.25) is 0 Å². The third-order valence-corrected chi connectivity index (χ3v) is 5.04. The van der Waals surface area contributed by atoms with Gasteiger partial charge in [-0.05, 0) is 31.4 Å². The minimum absolute atomic E-state index is 0.433. The summed E-state index contributed by atoms with van der Waals surface area (Å²) in [5, 5.41) is 5.80. The number of nitrogens with one attached hydrogen (secondary N) is 1. The number of hydrogen-bond donors (Lipinski definition) is 1. The predicted molar refractivity (Wildman–Crippen MR) is 97.7 cm³/mol. The van der Waals surface area contributed by atoms with E-state index in [0.29, 0.717) is 5.69 Å². The number of anilines is 2. The molecule has 3 rings (SSSR count). The number of nitrogens with zero attached hydrogens (tertiary/aromatic N) is 2. The van der Waals surface area contributed by atoms with Crippen LogP contribution in [-0.4, -0.2) is 28.8 Å². The lowest BCUT2D eigenvalue weighted by Gasteiger charge is -2.25. The van der Waals surface area contributed by atoms with Gasteiger partial charge in [0, 0.05) is 29.7 Å². The molecule has 1 N–H and O–H groups in total.